The zero-order valence-electron chi connectivity index (χ0n) is 9.65. The summed E-state index contributed by atoms with van der Waals surface area (Å²) in [6.07, 6.45) is -3.28. The van der Waals surface area contributed by atoms with Crippen LogP contribution in [0.3, 0.4) is 0 Å². The van der Waals surface area contributed by atoms with Gasteiger partial charge in [0.1, 0.15) is 0 Å². The first kappa shape index (κ1) is 13.1. The van der Waals surface area contributed by atoms with Crippen LogP contribution >= 0.6 is 0 Å². The summed E-state index contributed by atoms with van der Waals surface area (Å²) in [5.74, 6) is -2.79. The van der Waals surface area contributed by atoms with Crippen molar-refractivity contribution in [1.82, 2.24) is 4.57 Å². The predicted molar refractivity (Wildman–Crippen MR) is 59.9 cm³/mol. The minimum absolute atomic E-state index is 0.126. The molecule has 0 fully saturated rings. The lowest BCUT2D eigenvalue weighted by molar-refractivity contribution is -0.137. The molecule has 19 heavy (non-hydrogen) atoms. The molecule has 1 heterocycles. The monoisotopic (exact) mass is 271 g/mol. The van der Waals surface area contributed by atoms with Crippen molar-refractivity contribution in [2.75, 3.05) is 0 Å². The van der Waals surface area contributed by atoms with E-state index in [1.165, 1.54) is 17.8 Å². The van der Waals surface area contributed by atoms with Gasteiger partial charge in [-0.2, -0.15) is 13.2 Å². The van der Waals surface area contributed by atoms with Gasteiger partial charge in [-0.1, -0.05) is 6.07 Å². The Morgan fingerprint density at radius 3 is 2.42 bits per heavy atom. The van der Waals surface area contributed by atoms with Crippen molar-refractivity contribution >= 4 is 22.7 Å². The van der Waals surface area contributed by atoms with Crippen molar-refractivity contribution in [3.05, 3.63) is 35.5 Å². The fourth-order valence-corrected chi connectivity index (χ4v) is 1.86. The number of carbonyl (C=O) groups is 2. The Labute approximate surface area is 105 Å². The Morgan fingerprint density at radius 2 is 1.89 bits per heavy atom. The summed E-state index contributed by atoms with van der Waals surface area (Å²) in [4.78, 5) is 22.1. The number of aryl methyl sites for hydroxylation is 1. The van der Waals surface area contributed by atoms with E-state index in [0.717, 1.165) is 18.2 Å². The van der Waals surface area contributed by atoms with Crippen LogP contribution < -0.4 is 0 Å². The smallest absolute Gasteiger partial charge is 0.416 e. The maximum absolute atomic E-state index is 12.6. The molecule has 0 amide bonds. The maximum atomic E-state index is 12.6. The first-order valence-electron chi connectivity index (χ1n) is 5.15. The first-order valence-corrected chi connectivity index (χ1v) is 5.15. The highest BCUT2D eigenvalue weighted by Gasteiger charge is 2.31. The van der Waals surface area contributed by atoms with Crippen molar-refractivity contribution in [2.24, 2.45) is 7.05 Å². The standard InChI is InChI=1S/C12H8F3NO3/c1-16-5-8(10(17)11(18)19)7-3-2-6(4-9(7)16)12(13,14)15/h2-5H,1H3,(H,18,19). The van der Waals surface area contributed by atoms with Gasteiger partial charge in [-0.25, -0.2) is 4.79 Å². The minimum atomic E-state index is -4.49. The number of rotatable bonds is 2. The van der Waals surface area contributed by atoms with Crippen molar-refractivity contribution in [3.63, 3.8) is 0 Å². The molecule has 0 saturated carbocycles. The van der Waals surface area contributed by atoms with Crippen LogP contribution in [0.25, 0.3) is 10.9 Å². The highest BCUT2D eigenvalue weighted by atomic mass is 19.4. The van der Waals surface area contributed by atoms with Gasteiger partial charge in [0.05, 0.1) is 11.1 Å². The molecule has 0 atom stereocenters. The van der Waals surface area contributed by atoms with Gasteiger partial charge in [-0.3, -0.25) is 4.79 Å². The number of hydrogen-bond donors (Lipinski definition) is 1. The van der Waals surface area contributed by atoms with E-state index in [1.54, 1.807) is 0 Å². The van der Waals surface area contributed by atoms with Crippen LogP contribution in [0.2, 0.25) is 0 Å². The predicted octanol–water partition coefficient (Wildman–Crippen LogP) is 2.46. The zero-order valence-corrected chi connectivity index (χ0v) is 9.65. The number of carboxylic acids is 1. The van der Waals surface area contributed by atoms with E-state index in [2.05, 4.69) is 0 Å². The number of aromatic nitrogens is 1. The fourth-order valence-electron chi connectivity index (χ4n) is 1.86. The highest BCUT2D eigenvalue weighted by molar-refractivity contribution is 6.42. The van der Waals surface area contributed by atoms with Crippen LogP contribution in [0.4, 0.5) is 13.2 Å². The summed E-state index contributed by atoms with van der Waals surface area (Å²) in [5.41, 5.74) is -0.825. The van der Waals surface area contributed by atoms with Crippen LogP contribution in [0.15, 0.2) is 24.4 Å². The molecule has 0 bridgehead atoms. The molecule has 0 aliphatic rings. The Morgan fingerprint density at radius 1 is 1.26 bits per heavy atom. The van der Waals surface area contributed by atoms with Gasteiger partial charge < -0.3 is 9.67 Å². The molecule has 0 aliphatic carbocycles. The zero-order chi connectivity index (χ0) is 14.4. The molecule has 2 rings (SSSR count). The Hall–Kier alpha value is -2.31. The molecule has 100 valence electrons. The second-order valence-electron chi connectivity index (χ2n) is 4.02. The van der Waals surface area contributed by atoms with E-state index in [9.17, 15) is 22.8 Å². The number of nitrogens with zero attached hydrogens (tertiary/aromatic N) is 1. The lowest BCUT2D eigenvalue weighted by atomic mass is 10.1. The molecule has 0 saturated heterocycles. The lowest BCUT2D eigenvalue weighted by Crippen LogP contribution is -2.12. The normalized spacial score (nSPS) is 11.8. The van der Waals surface area contributed by atoms with Gasteiger partial charge in [0.2, 0.25) is 0 Å². The van der Waals surface area contributed by atoms with Crippen LogP contribution in [0.5, 0.6) is 0 Å². The third-order valence-electron chi connectivity index (χ3n) is 2.76. The van der Waals surface area contributed by atoms with Gasteiger partial charge in [-0.05, 0) is 12.1 Å². The summed E-state index contributed by atoms with van der Waals surface area (Å²) in [5, 5.41) is 8.83. The summed E-state index contributed by atoms with van der Waals surface area (Å²) < 4.78 is 39.0. The Kier molecular flexibility index (Phi) is 2.84. The minimum Gasteiger partial charge on any atom is -0.475 e. The number of aliphatic carboxylic acids is 1. The molecule has 2 aromatic rings. The topological polar surface area (TPSA) is 59.3 Å². The van der Waals surface area contributed by atoms with Crippen LogP contribution in [0.1, 0.15) is 15.9 Å². The molecule has 1 aromatic heterocycles. The molecule has 1 N–H and O–H groups in total. The lowest BCUT2D eigenvalue weighted by Gasteiger charge is -2.07. The second-order valence-corrected chi connectivity index (χ2v) is 4.02. The van der Waals surface area contributed by atoms with Crippen molar-refractivity contribution in [2.45, 2.75) is 6.18 Å². The first-order chi connectivity index (χ1) is 8.71. The SMILES string of the molecule is Cn1cc(C(=O)C(=O)O)c2ccc(C(F)(F)F)cc21. The number of carboxylic acid groups (broad SMARTS) is 1. The number of ketones is 1. The van der Waals surface area contributed by atoms with Crippen LogP contribution in [-0.2, 0) is 18.0 Å². The molecule has 4 nitrogen and oxygen atoms in total. The number of carbonyl (C=O) groups excluding carboxylic acids is 1. The second kappa shape index (κ2) is 4.11. The number of benzene rings is 1. The summed E-state index contributed by atoms with van der Waals surface area (Å²) >= 11 is 0. The largest absolute Gasteiger partial charge is 0.475 e. The van der Waals surface area contributed by atoms with Crippen LogP contribution in [-0.4, -0.2) is 21.4 Å². The number of fused-ring (bicyclic) bond motifs is 1. The highest BCUT2D eigenvalue weighted by Crippen LogP contribution is 2.32. The molecular weight excluding hydrogens is 263 g/mol. The quantitative estimate of drug-likeness (QED) is 0.674. The third kappa shape index (κ3) is 2.18. The number of Topliss-reactive ketones (excluding diaryl/α,β-unsaturated/α-hetero) is 1. The van der Waals surface area contributed by atoms with E-state index in [-0.39, 0.29) is 16.5 Å². The maximum Gasteiger partial charge on any atom is 0.416 e. The Balaban J connectivity index is 2.68. The van der Waals surface area contributed by atoms with Crippen molar-refractivity contribution in [1.29, 1.82) is 0 Å². The van der Waals surface area contributed by atoms with E-state index < -0.39 is 23.5 Å². The average Bonchev–Trinajstić information content (AvgIpc) is 2.64. The molecule has 0 radical (unpaired) electrons. The van der Waals surface area contributed by atoms with Crippen molar-refractivity contribution in [3.8, 4) is 0 Å². The van der Waals surface area contributed by atoms with Crippen LogP contribution in [0, 0.1) is 0 Å². The summed E-state index contributed by atoms with van der Waals surface area (Å²) in [6.45, 7) is 0. The molecular formula is C12H8F3NO3. The van der Waals surface area contributed by atoms with Crippen molar-refractivity contribution < 1.29 is 27.9 Å². The molecule has 1 aromatic carbocycles. The average molecular weight is 271 g/mol. The fraction of sp³-hybridized carbons (Fsp3) is 0.167. The van der Waals surface area contributed by atoms with Gasteiger partial charge in [0, 0.05) is 24.1 Å². The molecule has 0 spiro atoms. The summed E-state index contributed by atoms with van der Waals surface area (Å²) in [7, 11) is 1.45. The number of alkyl halides is 3. The Bertz CT molecular complexity index is 685. The van der Waals surface area contributed by atoms with Gasteiger partial charge >= 0.3 is 12.1 Å². The van der Waals surface area contributed by atoms with E-state index in [1.807, 2.05) is 0 Å². The van der Waals surface area contributed by atoms with E-state index in [0.29, 0.717) is 0 Å². The number of halogens is 3. The van der Waals surface area contributed by atoms with Gasteiger partial charge in [0.25, 0.3) is 5.78 Å². The molecule has 7 heteroatoms. The molecule has 0 unspecified atom stereocenters. The number of hydrogen-bond acceptors (Lipinski definition) is 2. The molecule has 0 aliphatic heterocycles. The summed E-state index contributed by atoms with van der Waals surface area (Å²) in [6, 6.07) is 2.81. The van der Waals surface area contributed by atoms with Gasteiger partial charge in [-0.15, -0.1) is 0 Å². The third-order valence-corrected chi connectivity index (χ3v) is 2.76. The van der Waals surface area contributed by atoms with E-state index in [4.69, 9.17) is 5.11 Å². The van der Waals surface area contributed by atoms with Gasteiger partial charge in [0.15, 0.2) is 0 Å². The van der Waals surface area contributed by atoms with E-state index >= 15 is 0 Å².